The van der Waals surface area contributed by atoms with Crippen LogP contribution in [0.2, 0.25) is 0 Å². The van der Waals surface area contributed by atoms with E-state index in [1.165, 1.54) is 31.2 Å². The molecule has 1 heterocycles. The summed E-state index contributed by atoms with van der Waals surface area (Å²) in [5, 5.41) is 3.56. The van der Waals surface area contributed by atoms with E-state index >= 15 is 0 Å². The molecule has 1 aromatic carbocycles. The van der Waals surface area contributed by atoms with Crippen LogP contribution in [0.4, 0.5) is 5.69 Å². The van der Waals surface area contributed by atoms with Crippen molar-refractivity contribution in [2.24, 2.45) is 5.92 Å². The first-order valence-corrected chi connectivity index (χ1v) is 7.75. The Morgan fingerprint density at radius 2 is 1.86 bits per heavy atom. The minimum absolute atomic E-state index is 0. The number of amides is 1. The number of nitrogens with one attached hydrogen (secondary N) is 1. The maximum Gasteiger partial charge on any atom is 0.243 e. The number of likely N-dealkylation sites (N-methyl/N-ethyl adjacent to an activating group) is 1. The van der Waals surface area contributed by atoms with E-state index in [1.807, 2.05) is 19.2 Å². The highest BCUT2D eigenvalue weighted by Crippen LogP contribution is 2.34. The zero-order chi connectivity index (χ0) is 14.1. The predicted molar refractivity (Wildman–Crippen MR) is 89.1 cm³/mol. The maximum atomic E-state index is 12.6. The average Bonchev–Trinajstić information content (AvgIpc) is 2.90. The van der Waals surface area contributed by atoms with Gasteiger partial charge in [-0.15, -0.1) is 12.4 Å². The number of rotatable bonds is 2. The number of anilines is 1. The highest BCUT2D eigenvalue weighted by molar-refractivity contribution is 5.97. The summed E-state index contributed by atoms with van der Waals surface area (Å²) in [4.78, 5) is 14.4. The molecule has 0 spiro atoms. The molecule has 1 amide bonds. The lowest BCUT2D eigenvalue weighted by molar-refractivity contribution is -0.120. The van der Waals surface area contributed by atoms with E-state index in [-0.39, 0.29) is 24.4 Å². The van der Waals surface area contributed by atoms with Gasteiger partial charge in [-0.3, -0.25) is 4.79 Å². The van der Waals surface area contributed by atoms with Crippen LogP contribution in [0.1, 0.15) is 37.7 Å². The number of fused-ring (bicyclic) bond motifs is 1. The monoisotopic (exact) mass is 308 g/mol. The number of aryl methyl sites for hydroxylation is 1. The third-order valence-electron chi connectivity index (χ3n) is 4.91. The lowest BCUT2D eigenvalue weighted by Crippen LogP contribution is -2.44. The van der Waals surface area contributed by atoms with Gasteiger partial charge in [-0.1, -0.05) is 30.5 Å². The third kappa shape index (κ3) is 3.41. The second-order valence-corrected chi connectivity index (χ2v) is 6.34. The van der Waals surface area contributed by atoms with Crippen LogP contribution in [0, 0.1) is 12.8 Å². The predicted octanol–water partition coefficient (Wildman–Crippen LogP) is 3.30. The summed E-state index contributed by atoms with van der Waals surface area (Å²) in [5.41, 5.74) is 2.21. The van der Waals surface area contributed by atoms with Gasteiger partial charge in [-0.25, -0.2) is 0 Å². The van der Waals surface area contributed by atoms with Crippen LogP contribution in [0.3, 0.4) is 0 Å². The van der Waals surface area contributed by atoms with Gasteiger partial charge in [-0.2, -0.15) is 0 Å². The van der Waals surface area contributed by atoms with Gasteiger partial charge >= 0.3 is 0 Å². The third-order valence-corrected chi connectivity index (χ3v) is 4.91. The van der Waals surface area contributed by atoms with Gasteiger partial charge in [0.2, 0.25) is 5.91 Å². The minimum Gasteiger partial charge on any atom is -0.314 e. The van der Waals surface area contributed by atoms with Crippen molar-refractivity contribution >= 4 is 24.0 Å². The van der Waals surface area contributed by atoms with Gasteiger partial charge in [0.1, 0.15) is 0 Å². The Bertz CT molecular complexity index is 474. The van der Waals surface area contributed by atoms with Crippen molar-refractivity contribution in [2.45, 2.75) is 51.1 Å². The fourth-order valence-electron chi connectivity index (χ4n) is 3.64. The zero-order valence-electron chi connectivity index (χ0n) is 12.8. The average molecular weight is 309 g/mol. The van der Waals surface area contributed by atoms with Crippen LogP contribution in [0.25, 0.3) is 0 Å². The molecule has 1 N–H and O–H groups in total. The summed E-state index contributed by atoms with van der Waals surface area (Å²) in [6.07, 6.45) is 6.18. The normalized spacial score (nSPS) is 27.6. The van der Waals surface area contributed by atoms with E-state index in [9.17, 15) is 4.79 Å². The molecule has 1 aliphatic carbocycles. The number of nitrogens with zero attached hydrogens (tertiary/aromatic N) is 1. The molecular weight excluding hydrogens is 284 g/mol. The smallest absolute Gasteiger partial charge is 0.243 e. The molecule has 116 valence electrons. The van der Waals surface area contributed by atoms with E-state index in [1.54, 1.807) is 4.90 Å². The van der Waals surface area contributed by atoms with Crippen LogP contribution >= 0.6 is 12.4 Å². The molecule has 3 atom stereocenters. The first-order valence-electron chi connectivity index (χ1n) is 7.75. The van der Waals surface area contributed by atoms with Crippen molar-refractivity contribution in [3.63, 3.8) is 0 Å². The number of halogens is 1. The van der Waals surface area contributed by atoms with E-state index < -0.39 is 0 Å². The van der Waals surface area contributed by atoms with Crippen LogP contribution in [-0.4, -0.2) is 25.0 Å². The van der Waals surface area contributed by atoms with Crippen LogP contribution in [-0.2, 0) is 4.79 Å². The highest BCUT2D eigenvalue weighted by atomic mass is 35.5. The highest BCUT2D eigenvalue weighted by Gasteiger charge is 2.39. The number of carbonyl (C=O) groups excluding carboxylic acids is 1. The molecule has 1 saturated heterocycles. The topological polar surface area (TPSA) is 32.3 Å². The van der Waals surface area contributed by atoms with Crippen LogP contribution in [0.15, 0.2) is 24.3 Å². The second-order valence-electron chi connectivity index (χ2n) is 6.34. The van der Waals surface area contributed by atoms with Crippen LogP contribution < -0.4 is 10.2 Å². The van der Waals surface area contributed by atoms with Gasteiger partial charge < -0.3 is 10.2 Å². The summed E-state index contributed by atoms with van der Waals surface area (Å²) in [6, 6.07) is 8.74. The summed E-state index contributed by atoms with van der Waals surface area (Å²) < 4.78 is 0. The van der Waals surface area contributed by atoms with E-state index in [0.29, 0.717) is 12.0 Å². The van der Waals surface area contributed by atoms with E-state index in [4.69, 9.17) is 0 Å². The molecule has 4 heteroatoms. The van der Waals surface area contributed by atoms with Crippen molar-refractivity contribution in [3.05, 3.63) is 29.8 Å². The standard InChI is InChI=1S/C17H24N2O.ClH/c1-12-7-9-14(10-8-12)19(2)17(20)16-11-13-5-3-4-6-15(13)18-16;/h7-10,13,15-16,18H,3-6,11H2,1-2H3;1H. The van der Waals surface area contributed by atoms with Gasteiger partial charge in [0.05, 0.1) is 6.04 Å². The van der Waals surface area contributed by atoms with Crippen LogP contribution in [0.5, 0.6) is 0 Å². The lowest BCUT2D eigenvalue weighted by atomic mass is 9.85. The Morgan fingerprint density at radius 1 is 1.19 bits per heavy atom. The fraction of sp³-hybridized carbons (Fsp3) is 0.588. The van der Waals surface area contributed by atoms with Gasteiger partial charge in [-0.05, 0) is 44.2 Å². The first kappa shape index (κ1) is 16.3. The zero-order valence-corrected chi connectivity index (χ0v) is 13.7. The molecule has 0 radical (unpaired) electrons. The Labute approximate surface area is 133 Å². The molecule has 3 rings (SSSR count). The summed E-state index contributed by atoms with van der Waals surface area (Å²) in [5.74, 6) is 0.923. The summed E-state index contributed by atoms with van der Waals surface area (Å²) in [7, 11) is 1.89. The molecule has 2 fully saturated rings. The molecule has 0 aromatic heterocycles. The Balaban J connectivity index is 0.00000161. The van der Waals surface area contributed by atoms with E-state index in [0.717, 1.165) is 12.1 Å². The second kappa shape index (κ2) is 6.80. The Hall–Kier alpha value is -1.06. The maximum absolute atomic E-state index is 12.6. The first-order chi connectivity index (χ1) is 9.65. The Kier molecular flexibility index (Phi) is 5.28. The molecule has 3 nitrogen and oxygen atoms in total. The van der Waals surface area contributed by atoms with Gasteiger partial charge in [0, 0.05) is 18.8 Å². The molecule has 21 heavy (non-hydrogen) atoms. The van der Waals surface area contributed by atoms with Gasteiger partial charge in [0.15, 0.2) is 0 Å². The van der Waals surface area contributed by atoms with Crippen molar-refractivity contribution in [3.8, 4) is 0 Å². The molecular formula is C17H25ClN2O. The summed E-state index contributed by atoms with van der Waals surface area (Å²) in [6.45, 7) is 2.06. The molecule has 1 saturated carbocycles. The Morgan fingerprint density at radius 3 is 2.52 bits per heavy atom. The van der Waals surface area contributed by atoms with Crippen molar-refractivity contribution in [1.82, 2.24) is 5.32 Å². The summed E-state index contributed by atoms with van der Waals surface area (Å²) >= 11 is 0. The van der Waals surface area contributed by atoms with Crippen molar-refractivity contribution < 1.29 is 4.79 Å². The number of hydrogen-bond donors (Lipinski definition) is 1. The molecule has 0 bridgehead atoms. The molecule has 3 unspecified atom stereocenters. The molecule has 2 aliphatic rings. The lowest BCUT2D eigenvalue weighted by Gasteiger charge is -2.24. The largest absolute Gasteiger partial charge is 0.314 e. The van der Waals surface area contributed by atoms with Crippen molar-refractivity contribution in [1.29, 1.82) is 0 Å². The van der Waals surface area contributed by atoms with Gasteiger partial charge in [0.25, 0.3) is 0 Å². The number of hydrogen-bond acceptors (Lipinski definition) is 2. The van der Waals surface area contributed by atoms with Crippen molar-refractivity contribution in [2.75, 3.05) is 11.9 Å². The van der Waals surface area contributed by atoms with E-state index in [2.05, 4.69) is 24.4 Å². The fourth-order valence-corrected chi connectivity index (χ4v) is 3.64. The number of benzene rings is 1. The molecule has 1 aliphatic heterocycles. The quantitative estimate of drug-likeness (QED) is 0.909. The SMILES string of the molecule is Cc1ccc(N(C)C(=O)C2CC3CCCCC3N2)cc1.Cl. The minimum atomic E-state index is 0. The molecule has 1 aromatic rings. The number of carbonyl (C=O) groups is 1.